The van der Waals surface area contributed by atoms with Crippen LogP contribution in [0.1, 0.15) is 5.89 Å². The smallest absolute Gasteiger partial charge is 0.240 e. The second-order valence-corrected chi connectivity index (χ2v) is 4.10. The zero-order valence-electron chi connectivity index (χ0n) is 9.97. The van der Waals surface area contributed by atoms with E-state index >= 15 is 0 Å². The Bertz CT molecular complexity index is 629. The lowest BCUT2D eigenvalue weighted by Crippen LogP contribution is -1.96. The van der Waals surface area contributed by atoms with Gasteiger partial charge >= 0.3 is 0 Å². The predicted molar refractivity (Wildman–Crippen MR) is 65.3 cm³/mol. The standard InChI is InChI=1S/C11H10ClN3O4/c1-16-9-5(11-14-7(3-13)19-15-11)2-6-10(8(9)12)18-4-17-6/h2H,3-4,13H2,1H3. The molecule has 3 rings (SSSR count). The second-order valence-electron chi connectivity index (χ2n) is 3.72. The number of methoxy groups -OCH3 is 1. The van der Waals surface area contributed by atoms with Gasteiger partial charge in [0.2, 0.25) is 18.5 Å². The van der Waals surface area contributed by atoms with E-state index in [0.717, 1.165) is 0 Å². The van der Waals surface area contributed by atoms with Crippen molar-refractivity contribution in [1.29, 1.82) is 0 Å². The maximum atomic E-state index is 6.21. The molecular weight excluding hydrogens is 274 g/mol. The first kappa shape index (κ1) is 12.1. The molecular formula is C11H10ClN3O4. The van der Waals surface area contributed by atoms with Crippen molar-refractivity contribution >= 4 is 11.6 Å². The van der Waals surface area contributed by atoms with Crippen LogP contribution in [0.15, 0.2) is 10.6 Å². The number of hydrogen-bond donors (Lipinski definition) is 1. The van der Waals surface area contributed by atoms with Gasteiger partial charge in [0.25, 0.3) is 0 Å². The maximum absolute atomic E-state index is 6.21. The van der Waals surface area contributed by atoms with Crippen molar-refractivity contribution in [2.45, 2.75) is 6.54 Å². The van der Waals surface area contributed by atoms with Crippen LogP contribution in [0.4, 0.5) is 0 Å². The molecule has 0 saturated heterocycles. The van der Waals surface area contributed by atoms with Gasteiger partial charge in [0.15, 0.2) is 17.2 Å². The van der Waals surface area contributed by atoms with E-state index in [2.05, 4.69) is 10.1 Å². The minimum absolute atomic E-state index is 0.113. The molecule has 0 aliphatic carbocycles. The monoisotopic (exact) mass is 283 g/mol. The summed E-state index contributed by atoms with van der Waals surface area (Å²) in [5, 5.41) is 4.14. The van der Waals surface area contributed by atoms with Crippen LogP contribution in [0.3, 0.4) is 0 Å². The second kappa shape index (κ2) is 4.60. The van der Waals surface area contributed by atoms with E-state index in [1.807, 2.05) is 0 Å². The van der Waals surface area contributed by atoms with Crippen molar-refractivity contribution in [2.24, 2.45) is 5.73 Å². The first-order chi connectivity index (χ1) is 9.24. The first-order valence-electron chi connectivity index (χ1n) is 5.43. The number of nitrogens with two attached hydrogens (primary N) is 1. The largest absolute Gasteiger partial charge is 0.494 e. The van der Waals surface area contributed by atoms with Crippen LogP contribution in [-0.2, 0) is 6.54 Å². The summed E-state index contributed by atoms with van der Waals surface area (Å²) in [6, 6.07) is 1.69. The molecule has 0 bridgehead atoms. The van der Waals surface area contributed by atoms with Gasteiger partial charge < -0.3 is 24.5 Å². The summed E-state index contributed by atoms with van der Waals surface area (Å²) < 4.78 is 20.8. The van der Waals surface area contributed by atoms with E-state index in [9.17, 15) is 0 Å². The van der Waals surface area contributed by atoms with E-state index in [-0.39, 0.29) is 13.3 Å². The Morgan fingerprint density at radius 2 is 2.32 bits per heavy atom. The zero-order chi connectivity index (χ0) is 13.4. The average molecular weight is 284 g/mol. The molecule has 0 radical (unpaired) electrons. The van der Waals surface area contributed by atoms with Crippen LogP contribution in [0.5, 0.6) is 17.2 Å². The zero-order valence-corrected chi connectivity index (χ0v) is 10.7. The highest BCUT2D eigenvalue weighted by molar-refractivity contribution is 6.34. The minimum Gasteiger partial charge on any atom is -0.494 e. The number of aromatic nitrogens is 2. The van der Waals surface area contributed by atoms with Gasteiger partial charge in [-0.05, 0) is 6.07 Å². The Balaban J connectivity index is 2.17. The van der Waals surface area contributed by atoms with Gasteiger partial charge in [-0.25, -0.2) is 0 Å². The molecule has 2 aromatic rings. The van der Waals surface area contributed by atoms with Gasteiger partial charge in [-0.2, -0.15) is 4.98 Å². The molecule has 0 saturated carbocycles. The van der Waals surface area contributed by atoms with Crippen molar-refractivity contribution in [3.05, 3.63) is 17.0 Å². The van der Waals surface area contributed by atoms with Crippen LogP contribution in [0.25, 0.3) is 11.4 Å². The van der Waals surface area contributed by atoms with E-state index in [4.69, 9.17) is 36.1 Å². The van der Waals surface area contributed by atoms with Crippen molar-refractivity contribution in [1.82, 2.24) is 10.1 Å². The number of hydrogen-bond acceptors (Lipinski definition) is 7. The molecule has 100 valence electrons. The Labute approximate surface area is 113 Å². The number of halogens is 1. The summed E-state index contributed by atoms with van der Waals surface area (Å²) in [7, 11) is 1.50. The SMILES string of the molecule is COc1c(-c2noc(CN)n2)cc2c(c1Cl)OCO2. The lowest BCUT2D eigenvalue weighted by atomic mass is 10.1. The molecule has 0 unspecified atom stereocenters. The Hall–Kier alpha value is -1.99. The third-order valence-electron chi connectivity index (χ3n) is 2.65. The summed E-state index contributed by atoms with van der Waals surface area (Å²) in [6.07, 6.45) is 0. The molecule has 19 heavy (non-hydrogen) atoms. The normalized spacial score (nSPS) is 12.8. The van der Waals surface area contributed by atoms with Crippen LogP contribution in [-0.4, -0.2) is 24.0 Å². The summed E-state index contributed by atoms with van der Waals surface area (Å²) in [6.45, 7) is 0.273. The fourth-order valence-corrected chi connectivity index (χ4v) is 2.12. The lowest BCUT2D eigenvalue weighted by Gasteiger charge is -2.09. The summed E-state index contributed by atoms with van der Waals surface area (Å²) in [5.41, 5.74) is 5.99. The molecule has 2 N–H and O–H groups in total. The maximum Gasteiger partial charge on any atom is 0.240 e. The molecule has 0 atom stereocenters. The van der Waals surface area contributed by atoms with Gasteiger partial charge in [0.1, 0.15) is 5.02 Å². The summed E-state index contributed by atoms with van der Waals surface area (Å²) >= 11 is 6.21. The quantitative estimate of drug-likeness (QED) is 0.914. The Morgan fingerprint density at radius 1 is 1.47 bits per heavy atom. The van der Waals surface area contributed by atoms with Crippen molar-refractivity contribution in [3.8, 4) is 28.6 Å². The van der Waals surface area contributed by atoms with Crippen LogP contribution < -0.4 is 19.9 Å². The van der Waals surface area contributed by atoms with E-state index in [1.54, 1.807) is 6.07 Å². The molecule has 0 fully saturated rings. The van der Waals surface area contributed by atoms with Crippen LogP contribution >= 0.6 is 11.6 Å². The highest BCUT2D eigenvalue weighted by Gasteiger charge is 2.26. The minimum atomic E-state index is 0.113. The summed E-state index contributed by atoms with van der Waals surface area (Å²) in [5.74, 6) is 2.02. The van der Waals surface area contributed by atoms with Crippen molar-refractivity contribution < 1.29 is 18.7 Å². The lowest BCUT2D eigenvalue weighted by molar-refractivity contribution is 0.174. The average Bonchev–Trinajstić information content (AvgIpc) is 3.07. The number of rotatable bonds is 3. The first-order valence-corrected chi connectivity index (χ1v) is 5.81. The van der Waals surface area contributed by atoms with Crippen LogP contribution in [0.2, 0.25) is 5.02 Å². The molecule has 7 nitrogen and oxygen atoms in total. The van der Waals surface area contributed by atoms with Crippen molar-refractivity contribution in [2.75, 3.05) is 13.9 Å². The van der Waals surface area contributed by atoms with Gasteiger partial charge in [0.05, 0.1) is 19.2 Å². The molecule has 8 heteroatoms. The molecule has 1 aliphatic heterocycles. The van der Waals surface area contributed by atoms with Gasteiger partial charge in [-0.15, -0.1) is 0 Å². The molecule has 1 aromatic carbocycles. The Kier molecular flexibility index (Phi) is 2.92. The third-order valence-corrected chi connectivity index (χ3v) is 2.99. The highest BCUT2D eigenvalue weighted by atomic mass is 35.5. The van der Waals surface area contributed by atoms with E-state index in [1.165, 1.54) is 7.11 Å². The number of benzene rings is 1. The van der Waals surface area contributed by atoms with Crippen LogP contribution in [0, 0.1) is 0 Å². The molecule has 1 aliphatic rings. The van der Waals surface area contributed by atoms with E-state index in [0.29, 0.717) is 39.5 Å². The number of ether oxygens (including phenoxy) is 3. The summed E-state index contributed by atoms with van der Waals surface area (Å²) in [4.78, 5) is 4.14. The van der Waals surface area contributed by atoms with Gasteiger partial charge in [0, 0.05) is 0 Å². The molecule has 1 aromatic heterocycles. The van der Waals surface area contributed by atoms with E-state index < -0.39 is 0 Å². The molecule has 0 spiro atoms. The predicted octanol–water partition coefficient (Wildman–Crippen LogP) is 1.59. The van der Waals surface area contributed by atoms with Gasteiger partial charge in [-0.3, -0.25) is 0 Å². The number of nitrogens with zero attached hydrogens (tertiary/aromatic N) is 2. The third kappa shape index (κ3) is 1.87. The van der Waals surface area contributed by atoms with Gasteiger partial charge in [-0.1, -0.05) is 16.8 Å². The fourth-order valence-electron chi connectivity index (χ4n) is 1.80. The highest BCUT2D eigenvalue weighted by Crippen LogP contribution is 2.49. The fraction of sp³-hybridized carbons (Fsp3) is 0.273. The number of fused-ring (bicyclic) bond motifs is 1. The molecule has 2 heterocycles. The topological polar surface area (TPSA) is 92.6 Å². The van der Waals surface area contributed by atoms with Crippen molar-refractivity contribution in [3.63, 3.8) is 0 Å². The Morgan fingerprint density at radius 3 is 3.00 bits per heavy atom. The molecule has 0 amide bonds.